The van der Waals surface area contributed by atoms with Crippen molar-refractivity contribution in [2.75, 3.05) is 0 Å². The number of halogens is 1. The van der Waals surface area contributed by atoms with Crippen LogP contribution in [0, 0.1) is 0 Å². The van der Waals surface area contributed by atoms with Crippen molar-refractivity contribution in [3.63, 3.8) is 0 Å². The van der Waals surface area contributed by atoms with Crippen LogP contribution in [0.5, 0.6) is 0 Å². The summed E-state index contributed by atoms with van der Waals surface area (Å²) in [5.41, 5.74) is 6.06. The van der Waals surface area contributed by atoms with Crippen molar-refractivity contribution in [1.82, 2.24) is 20.3 Å². The zero-order chi connectivity index (χ0) is 14.0. The first-order valence-corrected chi connectivity index (χ1v) is 6.49. The van der Waals surface area contributed by atoms with E-state index in [-0.39, 0.29) is 0 Å². The first kappa shape index (κ1) is 13.6. The number of hydrogen-bond acceptors (Lipinski definition) is 5. The number of hydrogen-bond donors (Lipinski definition) is 3. The van der Waals surface area contributed by atoms with E-state index < -0.39 is 17.2 Å². The number of amides is 3. The summed E-state index contributed by atoms with van der Waals surface area (Å²) in [4.78, 5) is 33.3. The number of nitrogens with zero attached hydrogens (tertiary/aromatic N) is 2. The Hall–Kier alpha value is -1.80. The number of nitrogens with one attached hydrogen (secondary N) is 2. The summed E-state index contributed by atoms with van der Waals surface area (Å²) in [5.74, 6) is -0.482. The second-order valence-corrected chi connectivity index (χ2v) is 5.45. The minimum Gasteiger partial charge on any atom is -0.351 e. The molecule has 2 aromatic heterocycles. The van der Waals surface area contributed by atoms with Gasteiger partial charge in [-0.15, -0.1) is 0 Å². The summed E-state index contributed by atoms with van der Waals surface area (Å²) < 4.78 is 0. The molecule has 100 valence electrons. The summed E-state index contributed by atoms with van der Waals surface area (Å²) in [6.07, 6.45) is 1.49. The third-order valence-electron chi connectivity index (χ3n) is 2.19. The molecule has 0 fully saturated rings. The quantitative estimate of drug-likeness (QED) is 0.739. The molecule has 19 heavy (non-hydrogen) atoms. The van der Waals surface area contributed by atoms with Crippen LogP contribution < -0.4 is 11.1 Å². The Balaban J connectivity index is 2.12. The third kappa shape index (κ3) is 3.36. The maximum Gasteiger partial charge on any atom is 0.318 e. The molecule has 0 unspecified atom stereocenters. The lowest BCUT2D eigenvalue weighted by Crippen LogP contribution is -2.39. The lowest BCUT2D eigenvalue weighted by Gasteiger charge is -2.07. The number of aromatic nitrogens is 3. The third-order valence-corrected chi connectivity index (χ3v) is 3.38. The lowest BCUT2D eigenvalue weighted by molar-refractivity contribution is -0.119. The number of urea groups is 1. The summed E-state index contributed by atoms with van der Waals surface area (Å²) in [5, 5.41) is 2.49. The van der Waals surface area contributed by atoms with Gasteiger partial charge in [-0.3, -0.25) is 10.1 Å². The SMILES string of the molecule is C[C@H](Sc1nc2ncc(Cl)cc2[nH]1)C(=O)NC(N)=O. The average Bonchev–Trinajstić information content (AvgIpc) is 2.69. The highest BCUT2D eigenvalue weighted by molar-refractivity contribution is 8.00. The Morgan fingerprint density at radius 1 is 1.58 bits per heavy atom. The number of carbonyl (C=O) groups excluding carboxylic acids is 2. The molecule has 2 heterocycles. The van der Waals surface area contributed by atoms with Gasteiger partial charge in [0.1, 0.15) is 0 Å². The smallest absolute Gasteiger partial charge is 0.318 e. The van der Waals surface area contributed by atoms with Gasteiger partial charge in [0.2, 0.25) is 5.91 Å². The monoisotopic (exact) mass is 299 g/mol. The molecule has 0 spiro atoms. The molecule has 0 bridgehead atoms. The maximum atomic E-state index is 11.5. The Kier molecular flexibility index (Phi) is 3.91. The van der Waals surface area contributed by atoms with Crippen LogP contribution in [0.1, 0.15) is 6.92 Å². The van der Waals surface area contributed by atoms with Crippen LogP contribution in [0.2, 0.25) is 5.02 Å². The number of primary amides is 1. The molecule has 9 heteroatoms. The van der Waals surface area contributed by atoms with Gasteiger partial charge >= 0.3 is 6.03 Å². The normalized spacial score (nSPS) is 12.3. The number of rotatable bonds is 3. The summed E-state index contributed by atoms with van der Waals surface area (Å²) in [6.45, 7) is 1.64. The molecule has 4 N–H and O–H groups in total. The maximum absolute atomic E-state index is 11.5. The zero-order valence-corrected chi connectivity index (χ0v) is 11.4. The molecule has 1 atom stereocenters. The first-order valence-electron chi connectivity index (χ1n) is 5.24. The average molecular weight is 300 g/mol. The van der Waals surface area contributed by atoms with Gasteiger partial charge in [0.05, 0.1) is 15.8 Å². The highest BCUT2D eigenvalue weighted by Crippen LogP contribution is 2.23. The first-order chi connectivity index (χ1) is 8.95. The van der Waals surface area contributed by atoms with E-state index in [4.69, 9.17) is 17.3 Å². The molecular formula is C10H10ClN5O2S. The Morgan fingerprint density at radius 2 is 2.32 bits per heavy atom. The molecule has 2 aromatic rings. The van der Waals surface area contributed by atoms with Crippen LogP contribution in [-0.4, -0.2) is 32.1 Å². The largest absolute Gasteiger partial charge is 0.351 e. The van der Waals surface area contributed by atoms with Crippen molar-refractivity contribution in [2.45, 2.75) is 17.3 Å². The van der Waals surface area contributed by atoms with Crippen LogP contribution >= 0.6 is 23.4 Å². The van der Waals surface area contributed by atoms with Gasteiger partial charge in [0, 0.05) is 6.20 Å². The number of imide groups is 1. The Labute approximate surface area is 117 Å². The number of nitrogens with two attached hydrogens (primary N) is 1. The van der Waals surface area contributed by atoms with Crippen molar-refractivity contribution < 1.29 is 9.59 Å². The van der Waals surface area contributed by atoms with Crippen LogP contribution in [0.4, 0.5) is 4.79 Å². The lowest BCUT2D eigenvalue weighted by atomic mass is 10.4. The van der Waals surface area contributed by atoms with Crippen molar-refractivity contribution in [2.24, 2.45) is 5.73 Å². The van der Waals surface area contributed by atoms with Gasteiger partial charge in [0.25, 0.3) is 0 Å². The molecular weight excluding hydrogens is 290 g/mol. The van der Waals surface area contributed by atoms with Crippen LogP contribution in [-0.2, 0) is 4.79 Å². The van der Waals surface area contributed by atoms with Gasteiger partial charge in [-0.05, 0) is 13.0 Å². The predicted octanol–water partition coefficient (Wildman–Crippen LogP) is 1.29. The van der Waals surface area contributed by atoms with E-state index in [1.54, 1.807) is 13.0 Å². The van der Waals surface area contributed by atoms with E-state index in [0.29, 0.717) is 21.3 Å². The van der Waals surface area contributed by atoms with Gasteiger partial charge in [-0.2, -0.15) is 0 Å². The highest BCUT2D eigenvalue weighted by atomic mass is 35.5. The van der Waals surface area contributed by atoms with E-state index in [0.717, 1.165) is 11.8 Å². The summed E-state index contributed by atoms with van der Waals surface area (Å²) in [6, 6.07) is 0.810. The minimum absolute atomic E-state index is 0.482. The van der Waals surface area contributed by atoms with E-state index in [2.05, 4.69) is 15.0 Å². The standard InChI is InChI=1S/C10H10ClN5O2S/c1-4(8(17)16-9(12)18)19-10-14-6-2-5(11)3-13-7(6)15-10/h2-4H,1H3,(H,13,14,15)(H3,12,16,17,18)/t4-/m0/s1. The van der Waals surface area contributed by atoms with E-state index in [1.165, 1.54) is 6.20 Å². The number of carbonyl (C=O) groups is 2. The van der Waals surface area contributed by atoms with Crippen LogP contribution in [0.15, 0.2) is 17.4 Å². The van der Waals surface area contributed by atoms with Crippen molar-refractivity contribution in [3.8, 4) is 0 Å². The topological polar surface area (TPSA) is 114 Å². The second kappa shape index (κ2) is 5.45. The number of imidazole rings is 1. The molecule has 7 nitrogen and oxygen atoms in total. The summed E-state index contributed by atoms with van der Waals surface area (Å²) >= 11 is 6.96. The molecule has 2 rings (SSSR count). The fraction of sp³-hybridized carbons (Fsp3) is 0.200. The summed E-state index contributed by atoms with van der Waals surface area (Å²) in [7, 11) is 0. The highest BCUT2D eigenvalue weighted by Gasteiger charge is 2.18. The van der Waals surface area contributed by atoms with Gasteiger partial charge in [-0.1, -0.05) is 23.4 Å². The van der Waals surface area contributed by atoms with E-state index in [1.807, 2.05) is 5.32 Å². The second-order valence-electron chi connectivity index (χ2n) is 3.68. The predicted molar refractivity (Wildman–Crippen MR) is 71.9 cm³/mol. The van der Waals surface area contributed by atoms with Crippen molar-refractivity contribution in [1.29, 1.82) is 0 Å². The molecule has 0 radical (unpaired) electrons. The number of pyridine rings is 1. The van der Waals surface area contributed by atoms with E-state index in [9.17, 15) is 9.59 Å². The van der Waals surface area contributed by atoms with Gasteiger partial charge < -0.3 is 10.7 Å². The molecule has 0 saturated carbocycles. The van der Waals surface area contributed by atoms with Crippen molar-refractivity contribution in [3.05, 3.63) is 17.3 Å². The number of fused-ring (bicyclic) bond motifs is 1. The molecule has 3 amide bonds. The molecule has 0 aromatic carbocycles. The molecule has 0 aliphatic heterocycles. The zero-order valence-electron chi connectivity index (χ0n) is 9.81. The van der Waals surface area contributed by atoms with Gasteiger partial charge in [-0.25, -0.2) is 14.8 Å². The minimum atomic E-state index is -0.879. The van der Waals surface area contributed by atoms with E-state index >= 15 is 0 Å². The Bertz CT molecular complexity index is 644. The molecule has 0 aliphatic rings. The molecule has 0 aliphatic carbocycles. The van der Waals surface area contributed by atoms with Gasteiger partial charge in [0.15, 0.2) is 10.8 Å². The molecule has 0 saturated heterocycles. The Morgan fingerprint density at radius 3 is 3.00 bits per heavy atom. The number of thioether (sulfide) groups is 1. The van der Waals surface area contributed by atoms with Crippen LogP contribution in [0.25, 0.3) is 11.2 Å². The van der Waals surface area contributed by atoms with Crippen LogP contribution in [0.3, 0.4) is 0 Å². The number of aromatic amines is 1. The number of H-pyrrole nitrogens is 1. The fourth-order valence-corrected chi connectivity index (χ4v) is 2.32. The van der Waals surface area contributed by atoms with Crippen molar-refractivity contribution >= 4 is 46.5 Å². The fourth-order valence-electron chi connectivity index (χ4n) is 1.35.